The van der Waals surface area contributed by atoms with E-state index in [0.717, 1.165) is 55.6 Å². The van der Waals surface area contributed by atoms with Gasteiger partial charge in [0, 0.05) is 42.4 Å². The zero-order valence-electron chi connectivity index (χ0n) is 17.4. The minimum atomic E-state index is -0.250. The second kappa shape index (κ2) is 7.81. The molecule has 3 aromatic rings. The Kier molecular flexibility index (Phi) is 4.95. The number of hydrogen-bond acceptors (Lipinski definition) is 7. The van der Waals surface area contributed by atoms with Crippen molar-refractivity contribution < 1.29 is 14.7 Å². The van der Waals surface area contributed by atoms with E-state index in [0.29, 0.717) is 24.8 Å². The molecule has 11 nitrogen and oxygen atoms in total. The van der Waals surface area contributed by atoms with E-state index in [-0.39, 0.29) is 29.2 Å². The number of amides is 1. The maximum atomic E-state index is 13.1. The molecule has 2 fully saturated rings. The van der Waals surface area contributed by atoms with Gasteiger partial charge in [-0.2, -0.15) is 4.98 Å². The molecule has 3 aromatic heterocycles. The molecule has 1 unspecified atom stereocenters. The number of carbonyl (C=O) groups is 2. The molecule has 11 heteroatoms. The van der Waals surface area contributed by atoms with Crippen molar-refractivity contribution in [1.29, 1.82) is 0 Å². The smallest absolute Gasteiger partial charge is 0.293 e. The van der Waals surface area contributed by atoms with Gasteiger partial charge in [-0.05, 0) is 44.6 Å². The average molecular weight is 437 g/mol. The lowest BCUT2D eigenvalue weighted by Crippen LogP contribution is -2.48. The number of aromatic nitrogens is 6. The van der Waals surface area contributed by atoms with E-state index in [4.69, 9.17) is 14.9 Å². The third kappa shape index (κ3) is 3.43. The zero-order valence-corrected chi connectivity index (χ0v) is 17.4. The SMILES string of the molecule is O=C(c1nc2ncccn2n1)N1CCCC2(CCc3c2nc(C2CC2)[nH]c3=O)C1.O=CO. The first-order valence-corrected chi connectivity index (χ1v) is 10.7. The van der Waals surface area contributed by atoms with Crippen LogP contribution in [-0.4, -0.2) is 65.0 Å². The highest BCUT2D eigenvalue weighted by molar-refractivity contribution is 5.91. The van der Waals surface area contributed by atoms with E-state index in [9.17, 15) is 9.59 Å². The van der Waals surface area contributed by atoms with Gasteiger partial charge in [0.05, 0.1) is 5.69 Å². The van der Waals surface area contributed by atoms with Crippen LogP contribution in [0, 0.1) is 0 Å². The van der Waals surface area contributed by atoms with Crippen molar-refractivity contribution in [3.8, 4) is 0 Å². The standard InChI is InChI=1S/C20H21N7O2.CH2O2/c28-17-13-5-7-20(14(13)22-15(23-17)12-3-4-12)6-1-9-26(11-20)18(29)16-24-19-21-8-2-10-27(19)25-16;2-1-3/h2,8,10,12H,1,3-7,9,11H2,(H,22,23,28);1H,(H,2,3). The molecule has 166 valence electrons. The van der Waals surface area contributed by atoms with Gasteiger partial charge < -0.3 is 15.0 Å². The van der Waals surface area contributed by atoms with Gasteiger partial charge in [-0.3, -0.25) is 14.4 Å². The minimum absolute atomic E-state index is 0.00492. The molecule has 1 amide bonds. The number of nitrogens with one attached hydrogen (secondary N) is 1. The number of hydrogen-bond donors (Lipinski definition) is 2. The first-order valence-electron chi connectivity index (χ1n) is 10.7. The van der Waals surface area contributed by atoms with Crippen molar-refractivity contribution in [1.82, 2.24) is 34.4 Å². The quantitative estimate of drug-likeness (QED) is 0.562. The maximum absolute atomic E-state index is 13.1. The van der Waals surface area contributed by atoms with Gasteiger partial charge in [0.2, 0.25) is 5.82 Å². The highest BCUT2D eigenvalue weighted by atomic mass is 16.3. The van der Waals surface area contributed by atoms with E-state index < -0.39 is 0 Å². The largest absolute Gasteiger partial charge is 0.483 e. The Labute approximate surface area is 182 Å². The summed E-state index contributed by atoms with van der Waals surface area (Å²) in [5.74, 6) is 1.61. The number of carbonyl (C=O) groups excluding carboxylic acids is 1. The van der Waals surface area contributed by atoms with Crippen molar-refractivity contribution in [3.05, 3.63) is 51.7 Å². The second-order valence-corrected chi connectivity index (χ2v) is 8.57. The number of H-pyrrole nitrogens is 1. The van der Waals surface area contributed by atoms with Crippen LogP contribution in [0.2, 0.25) is 0 Å². The summed E-state index contributed by atoms with van der Waals surface area (Å²) in [5, 5.41) is 11.2. The van der Waals surface area contributed by atoms with Crippen LogP contribution >= 0.6 is 0 Å². The number of aromatic amines is 1. The Morgan fingerprint density at radius 1 is 1.28 bits per heavy atom. The molecular formula is C21H23N7O4. The molecular weight excluding hydrogens is 414 g/mol. The normalized spacial score (nSPS) is 21.8. The zero-order chi connectivity index (χ0) is 22.3. The molecule has 32 heavy (non-hydrogen) atoms. The number of nitrogens with zero attached hydrogens (tertiary/aromatic N) is 6. The monoisotopic (exact) mass is 437 g/mol. The Bertz CT molecular complexity index is 1220. The van der Waals surface area contributed by atoms with E-state index in [2.05, 4.69) is 20.1 Å². The lowest BCUT2D eigenvalue weighted by Gasteiger charge is -2.40. The van der Waals surface area contributed by atoms with Crippen molar-refractivity contribution in [2.45, 2.75) is 49.9 Å². The second-order valence-electron chi connectivity index (χ2n) is 8.57. The Morgan fingerprint density at radius 2 is 2.09 bits per heavy atom. The van der Waals surface area contributed by atoms with Gasteiger partial charge in [-0.15, -0.1) is 5.10 Å². The van der Waals surface area contributed by atoms with E-state index in [1.165, 1.54) is 4.52 Å². The van der Waals surface area contributed by atoms with Crippen LogP contribution in [0.1, 0.15) is 65.7 Å². The average Bonchev–Trinajstić information content (AvgIpc) is 3.47. The van der Waals surface area contributed by atoms with E-state index in [1.54, 1.807) is 18.5 Å². The molecule has 2 aliphatic carbocycles. The fourth-order valence-electron chi connectivity index (χ4n) is 4.89. The van der Waals surface area contributed by atoms with Crippen LogP contribution in [0.25, 0.3) is 5.78 Å². The summed E-state index contributed by atoms with van der Waals surface area (Å²) < 4.78 is 1.51. The molecule has 1 aliphatic heterocycles. The number of likely N-dealkylation sites (tertiary alicyclic amines) is 1. The number of piperidine rings is 1. The lowest BCUT2D eigenvalue weighted by atomic mass is 9.77. The Balaban J connectivity index is 0.000000684. The fraction of sp³-hybridized carbons (Fsp3) is 0.476. The van der Waals surface area contributed by atoms with Crippen molar-refractivity contribution in [2.75, 3.05) is 13.1 Å². The predicted molar refractivity (Wildman–Crippen MR) is 111 cm³/mol. The van der Waals surface area contributed by atoms with Gasteiger partial charge in [0.1, 0.15) is 5.82 Å². The summed E-state index contributed by atoms with van der Waals surface area (Å²) in [6.07, 6.45) is 8.95. The van der Waals surface area contributed by atoms with E-state index in [1.807, 2.05) is 4.90 Å². The summed E-state index contributed by atoms with van der Waals surface area (Å²) in [6, 6.07) is 1.75. The maximum Gasteiger partial charge on any atom is 0.293 e. The van der Waals surface area contributed by atoms with Crippen molar-refractivity contribution in [3.63, 3.8) is 0 Å². The molecule has 0 aromatic carbocycles. The number of rotatable bonds is 2. The molecule has 2 N–H and O–H groups in total. The third-order valence-electron chi connectivity index (χ3n) is 6.53. The van der Waals surface area contributed by atoms with Crippen LogP contribution in [-0.2, 0) is 16.6 Å². The van der Waals surface area contributed by atoms with Crippen molar-refractivity contribution in [2.24, 2.45) is 0 Å². The molecule has 3 aliphatic rings. The molecule has 0 radical (unpaired) electrons. The predicted octanol–water partition coefficient (Wildman–Crippen LogP) is 0.906. The fourth-order valence-corrected chi connectivity index (χ4v) is 4.89. The first kappa shape index (κ1) is 20.3. The third-order valence-corrected chi connectivity index (χ3v) is 6.53. The topological polar surface area (TPSA) is 146 Å². The summed E-state index contributed by atoms with van der Waals surface area (Å²) in [6.45, 7) is 0.972. The Hall–Kier alpha value is -3.63. The van der Waals surface area contributed by atoms with Crippen LogP contribution in [0.5, 0.6) is 0 Å². The molecule has 6 rings (SSSR count). The molecule has 0 bridgehead atoms. The first-order chi connectivity index (χ1) is 15.5. The number of fused-ring (bicyclic) bond motifs is 3. The summed E-state index contributed by atoms with van der Waals surface area (Å²) in [5.41, 5.74) is 1.49. The minimum Gasteiger partial charge on any atom is -0.483 e. The highest BCUT2D eigenvalue weighted by Gasteiger charge is 2.46. The van der Waals surface area contributed by atoms with Gasteiger partial charge in [0.25, 0.3) is 23.7 Å². The lowest BCUT2D eigenvalue weighted by molar-refractivity contribution is -0.122. The van der Waals surface area contributed by atoms with Crippen LogP contribution in [0.3, 0.4) is 0 Å². The molecule has 1 atom stereocenters. The van der Waals surface area contributed by atoms with Crippen LogP contribution < -0.4 is 5.56 Å². The van der Waals surface area contributed by atoms with E-state index >= 15 is 0 Å². The van der Waals surface area contributed by atoms with Gasteiger partial charge >= 0.3 is 0 Å². The van der Waals surface area contributed by atoms with Gasteiger partial charge in [-0.1, -0.05) is 0 Å². The van der Waals surface area contributed by atoms with Gasteiger partial charge in [0.15, 0.2) is 0 Å². The van der Waals surface area contributed by atoms with Gasteiger partial charge in [-0.25, -0.2) is 14.5 Å². The molecule has 1 saturated heterocycles. The molecule has 1 saturated carbocycles. The van der Waals surface area contributed by atoms with Crippen LogP contribution in [0.15, 0.2) is 23.3 Å². The number of carboxylic acid groups (broad SMARTS) is 1. The summed E-state index contributed by atoms with van der Waals surface area (Å²) in [4.78, 5) is 52.3. The highest BCUT2D eigenvalue weighted by Crippen LogP contribution is 2.45. The summed E-state index contributed by atoms with van der Waals surface area (Å²) in [7, 11) is 0. The van der Waals surface area contributed by atoms with Crippen molar-refractivity contribution >= 4 is 18.2 Å². The Morgan fingerprint density at radius 3 is 2.84 bits per heavy atom. The molecule has 1 spiro atoms. The van der Waals surface area contributed by atoms with Crippen LogP contribution in [0.4, 0.5) is 0 Å². The molecule has 4 heterocycles. The summed E-state index contributed by atoms with van der Waals surface area (Å²) >= 11 is 0.